The minimum Gasteiger partial charge on any atom is -0.489 e. The summed E-state index contributed by atoms with van der Waals surface area (Å²) in [5.74, 6) is 1.11. The molecule has 4 aromatic rings. The third-order valence-corrected chi connectivity index (χ3v) is 8.16. The van der Waals surface area contributed by atoms with Crippen molar-refractivity contribution in [3.63, 3.8) is 0 Å². The van der Waals surface area contributed by atoms with E-state index in [1.165, 1.54) is 17.7 Å². The second kappa shape index (κ2) is 11.2. The van der Waals surface area contributed by atoms with Crippen molar-refractivity contribution in [1.29, 1.82) is 0 Å². The van der Waals surface area contributed by atoms with Crippen LogP contribution in [0.3, 0.4) is 0 Å². The Kier molecular flexibility index (Phi) is 7.56. The molecule has 0 radical (unpaired) electrons. The SMILES string of the molecule is Cc1ccc2nc(CN3CCC(c4cc(F)ccc4OCc4ccc(Cl)cc4F)CC3)n(C[C@@H]3CCO3)c2c1. The Bertz CT molecular complexity index is 1480. The fraction of sp³-hybridized carbons (Fsp3) is 0.387. The van der Waals surface area contributed by atoms with Crippen LogP contribution < -0.4 is 4.74 Å². The average Bonchev–Trinajstić information content (AvgIpc) is 3.22. The molecular formula is C31H32ClF2N3O2. The van der Waals surface area contributed by atoms with Crippen LogP contribution in [0.2, 0.25) is 5.02 Å². The fourth-order valence-corrected chi connectivity index (χ4v) is 5.76. The van der Waals surface area contributed by atoms with Gasteiger partial charge in [0.05, 0.1) is 30.2 Å². The zero-order valence-corrected chi connectivity index (χ0v) is 22.8. The third kappa shape index (κ3) is 5.81. The maximum absolute atomic E-state index is 14.3. The van der Waals surface area contributed by atoms with E-state index in [2.05, 4.69) is 34.6 Å². The number of aromatic nitrogens is 2. The van der Waals surface area contributed by atoms with Crippen molar-refractivity contribution < 1.29 is 18.3 Å². The molecule has 0 amide bonds. The summed E-state index contributed by atoms with van der Waals surface area (Å²) < 4.78 is 42.6. The number of ether oxygens (including phenoxy) is 2. The minimum atomic E-state index is -0.412. The van der Waals surface area contributed by atoms with Crippen LogP contribution >= 0.6 is 11.6 Å². The zero-order chi connectivity index (χ0) is 26.9. The number of benzene rings is 3. The smallest absolute Gasteiger partial charge is 0.131 e. The number of nitrogens with zero attached hydrogens (tertiary/aromatic N) is 3. The molecule has 0 N–H and O–H groups in total. The highest BCUT2D eigenvalue weighted by Gasteiger charge is 2.27. The Morgan fingerprint density at radius 3 is 2.59 bits per heavy atom. The maximum atomic E-state index is 14.3. The van der Waals surface area contributed by atoms with Crippen LogP contribution in [0.4, 0.5) is 8.78 Å². The molecule has 39 heavy (non-hydrogen) atoms. The van der Waals surface area contributed by atoms with Gasteiger partial charge in [-0.1, -0.05) is 23.7 Å². The Balaban J connectivity index is 1.14. The molecule has 2 saturated heterocycles. The van der Waals surface area contributed by atoms with E-state index < -0.39 is 5.82 Å². The number of aryl methyl sites for hydroxylation is 1. The van der Waals surface area contributed by atoms with Gasteiger partial charge < -0.3 is 14.0 Å². The van der Waals surface area contributed by atoms with E-state index in [1.54, 1.807) is 24.3 Å². The van der Waals surface area contributed by atoms with E-state index in [-0.39, 0.29) is 24.4 Å². The first kappa shape index (κ1) is 26.2. The molecular weight excluding hydrogens is 520 g/mol. The molecule has 0 saturated carbocycles. The van der Waals surface area contributed by atoms with Gasteiger partial charge in [0, 0.05) is 22.8 Å². The molecule has 3 aromatic carbocycles. The highest BCUT2D eigenvalue weighted by molar-refractivity contribution is 6.30. The highest BCUT2D eigenvalue weighted by Crippen LogP contribution is 2.36. The van der Waals surface area contributed by atoms with Crippen molar-refractivity contribution in [3.8, 4) is 5.75 Å². The Morgan fingerprint density at radius 1 is 1.03 bits per heavy atom. The molecule has 0 unspecified atom stereocenters. The van der Waals surface area contributed by atoms with Crippen molar-refractivity contribution in [3.05, 3.63) is 93.8 Å². The summed E-state index contributed by atoms with van der Waals surface area (Å²) >= 11 is 5.87. The standard InChI is InChI=1S/C31H32ClF2N3O2/c1-20-2-6-28-29(14-20)37(17-25-10-13-38-25)31(35-28)18-36-11-8-21(9-12-36)26-16-24(33)5-7-30(26)39-19-22-3-4-23(32)15-27(22)34/h2-7,14-16,21,25H,8-13,17-19H2,1H3/t25-/m0/s1. The van der Waals surface area contributed by atoms with Crippen LogP contribution in [-0.2, 0) is 24.4 Å². The van der Waals surface area contributed by atoms with E-state index in [1.807, 2.05) is 0 Å². The predicted molar refractivity (Wildman–Crippen MR) is 148 cm³/mol. The Labute approximate surface area is 232 Å². The van der Waals surface area contributed by atoms with E-state index >= 15 is 0 Å². The summed E-state index contributed by atoms with van der Waals surface area (Å²) in [6.07, 6.45) is 3.08. The second-order valence-electron chi connectivity index (χ2n) is 10.7. The lowest BCUT2D eigenvalue weighted by molar-refractivity contribution is -0.0592. The number of likely N-dealkylation sites (tertiary alicyclic amines) is 1. The number of piperidine rings is 1. The number of fused-ring (bicyclic) bond motifs is 1. The highest BCUT2D eigenvalue weighted by atomic mass is 35.5. The molecule has 1 aromatic heterocycles. The minimum absolute atomic E-state index is 0.0564. The van der Waals surface area contributed by atoms with Gasteiger partial charge in [0.25, 0.3) is 0 Å². The third-order valence-electron chi connectivity index (χ3n) is 7.92. The molecule has 2 fully saturated rings. The number of hydrogen-bond acceptors (Lipinski definition) is 4. The van der Waals surface area contributed by atoms with Crippen molar-refractivity contribution in [2.24, 2.45) is 0 Å². The maximum Gasteiger partial charge on any atom is 0.131 e. The van der Waals surface area contributed by atoms with E-state index in [9.17, 15) is 8.78 Å². The van der Waals surface area contributed by atoms with E-state index in [0.29, 0.717) is 16.3 Å². The van der Waals surface area contributed by atoms with Gasteiger partial charge in [0.2, 0.25) is 0 Å². The second-order valence-corrected chi connectivity index (χ2v) is 11.1. The van der Waals surface area contributed by atoms with Gasteiger partial charge in [-0.05, 0) is 93.2 Å². The normalized spacial score (nSPS) is 18.4. The first-order chi connectivity index (χ1) is 18.9. The number of halogens is 3. The first-order valence-electron chi connectivity index (χ1n) is 13.6. The van der Waals surface area contributed by atoms with Gasteiger partial charge in [-0.2, -0.15) is 0 Å². The molecule has 2 aliphatic rings. The summed E-state index contributed by atoms with van der Waals surface area (Å²) in [5, 5.41) is 0.340. The number of imidazole rings is 1. The number of hydrogen-bond donors (Lipinski definition) is 0. The van der Waals surface area contributed by atoms with Crippen molar-refractivity contribution in [1.82, 2.24) is 14.5 Å². The first-order valence-corrected chi connectivity index (χ1v) is 14.0. The average molecular weight is 552 g/mol. The molecule has 5 nitrogen and oxygen atoms in total. The van der Waals surface area contributed by atoms with E-state index in [4.69, 9.17) is 26.1 Å². The van der Waals surface area contributed by atoms with E-state index in [0.717, 1.165) is 74.5 Å². The van der Waals surface area contributed by atoms with Gasteiger partial charge in [0.15, 0.2) is 0 Å². The van der Waals surface area contributed by atoms with Crippen LogP contribution in [0.1, 0.15) is 47.7 Å². The molecule has 6 rings (SSSR count). The Morgan fingerprint density at radius 2 is 1.85 bits per heavy atom. The zero-order valence-electron chi connectivity index (χ0n) is 22.0. The molecule has 1 atom stereocenters. The topological polar surface area (TPSA) is 39.5 Å². The molecule has 0 aliphatic carbocycles. The van der Waals surface area contributed by atoms with Gasteiger partial charge in [0.1, 0.15) is 29.8 Å². The summed E-state index contributed by atoms with van der Waals surface area (Å²) in [6.45, 7) is 6.32. The van der Waals surface area contributed by atoms with Crippen LogP contribution in [0.15, 0.2) is 54.6 Å². The lowest BCUT2D eigenvalue weighted by Gasteiger charge is -2.33. The molecule has 0 bridgehead atoms. The fourth-order valence-electron chi connectivity index (χ4n) is 5.61. The summed E-state index contributed by atoms with van der Waals surface area (Å²) in [7, 11) is 0. The van der Waals surface area contributed by atoms with Crippen LogP contribution in [0, 0.1) is 18.6 Å². The van der Waals surface area contributed by atoms with Gasteiger partial charge in [-0.15, -0.1) is 0 Å². The van der Waals surface area contributed by atoms with Crippen molar-refractivity contribution >= 4 is 22.6 Å². The lowest BCUT2D eigenvalue weighted by Crippen LogP contribution is -2.35. The summed E-state index contributed by atoms with van der Waals surface area (Å²) in [6, 6.07) is 15.5. The van der Waals surface area contributed by atoms with Crippen molar-refractivity contribution in [2.45, 2.75) is 57.9 Å². The van der Waals surface area contributed by atoms with Crippen LogP contribution in [0.25, 0.3) is 11.0 Å². The molecule has 8 heteroatoms. The number of rotatable bonds is 8. The quantitative estimate of drug-likeness (QED) is 0.236. The molecule has 0 spiro atoms. The molecule has 204 valence electrons. The van der Waals surface area contributed by atoms with Gasteiger partial charge >= 0.3 is 0 Å². The molecule has 2 aliphatic heterocycles. The molecule has 3 heterocycles. The van der Waals surface area contributed by atoms with Crippen LogP contribution in [-0.4, -0.2) is 40.3 Å². The predicted octanol–water partition coefficient (Wildman–Crippen LogP) is 7.02. The Hall–Kier alpha value is -3.00. The van der Waals surface area contributed by atoms with Gasteiger partial charge in [-0.3, -0.25) is 4.90 Å². The van der Waals surface area contributed by atoms with Crippen molar-refractivity contribution in [2.75, 3.05) is 19.7 Å². The van der Waals surface area contributed by atoms with Crippen LogP contribution in [0.5, 0.6) is 5.75 Å². The summed E-state index contributed by atoms with van der Waals surface area (Å²) in [5.41, 5.74) is 4.65. The lowest BCUT2D eigenvalue weighted by atomic mass is 9.88. The summed E-state index contributed by atoms with van der Waals surface area (Å²) in [4.78, 5) is 7.41. The largest absolute Gasteiger partial charge is 0.489 e. The monoisotopic (exact) mass is 551 g/mol. The van der Waals surface area contributed by atoms with Gasteiger partial charge in [-0.25, -0.2) is 13.8 Å².